The molecule has 0 bridgehead atoms. The molecule has 0 aromatic carbocycles. The van der Waals surface area contributed by atoms with E-state index in [4.69, 9.17) is 16.3 Å². The highest BCUT2D eigenvalue weighted by molar-refractivity contribution is 6.18. The van der Waals surface area contributed by atoms with Gasteiger partial charge in [-0.15, -0.1) is 11.6 Å². The van der Waals surface area contributed by atoms with E-state index in [0.717, 1.165) is 13.0 Å². The lowest BCUT2D eigenvalue weighted by molar-refractivity contribution is -0.0485. The summed E-state index contributed by atoms with van der Waals surface area (Å²) in [5.74, 6) is 0.632. The predicted molar refractivity (Wildman–Crippen MR) is 38.9 cm³/mol. The Hall–Kier alpha value is 0.250. The molecule has 1 atom stereocenters. The molecule has 1 unspecified atom stereocenters. The van der Waals surface area contributed by atoms with Crippen molar-refractivity contribution < 1.29 is 4.74 Å². The van der Waals surface area contributed by atoms with Crippen molar-refractivity contribution in [1.29, 1.82) is 0 Å². The van der Waals surface area contributed by atoms with Gasteiger partial charge in [-0.3, -0.25) is 0 Å². The number of hydrogen-bond acceptors (Lipinski definition) is 1. The smallest absolute Gasteiger partial charge is 0.0789 e. The van der Waals surface area contributed by atoms with Gasteiger partial charge in [-0.05, 0) is 26.2 Å². The fourth-order valence-corrected chi connectivity index (χ4v) is 1.31. The van der Waals surface area contributed by atoms with Gasteiger partial charge in [0.05, 0.1) is 11.5 Å². The van der Waals surface area contributed by atoms with Crippen LogP contribution in [-0.4, -0.2) is 18.1 Å². The van der Waals surface area contributed by atoms with Gasteiger partial charge >= 0.3 is 0 Å². The largest absolute Gasteiger partial charge is 0.374 e. The van der Waals surface area contributed by atoms with Gasteiger partial charge in [0.1, 0.15) is 0 Å². The van der Waals surface area contributed by atoms with Crippen LogP contribution in [-0.2, 0) is 4.74 Å². The summed E-state index contributed by atoms with van der Waals surface area (Å²) in [6.07, 6.45) is 3.59. The van der Waals surface area contributed by atoms with Gasteiger partial charge < -0.3 is 4.74 Å². The highest BCUT2D eigenvalue weighted by atomic mass is 35.5. The second-order valence-electron chi connectivity index (χ2n) is 2.89. The first-order valence-corrected chi connectivity index (χ1v) is 4.00. The van der Waals surface area contributed by atoms with Crippen molar-refractivity contribution in [3.05, 3.63) is 0 Å². The van der Waals surface area contributed by atoms with Crippen LogP contribution in [0.1, 0.15) is 26.2 Å². The Bertz CT molecular complexity index is 86.9. The van der Waals surface area contributed by atoms with E-state index in [1.165, 1.54) is 12.8 Å². The molecule has 1 fully saturated rings. The van der Waals surface area contributed by atoms with Gasteiger partial charge in [0.2, 0.25) is 0 Å². The van der Waals surface area contributed by atoms with Crippen LogP contribution in [0, 0.1) is 0 Å². The summed E-state index contributed by atoms with van der Waals surface area (Å²) in [6, 6.07) is 0. The van der Waals surface area contributed by atoms with Gasteiger partial charge in [0, 0.05) is 6.61 Å². The number of halogens is 1. The molecule has 1 heterocycles. The summed E-state index contributed by atoms with van der Waals surface area (Å²) in [5.41, 5.74) is -0.0141. The summed E-state index contributed by atoms with van der Waals surface area (Å²) >= 11 is 5.70. The topological polar surface area (TPSA) is 9.23 Å². The van der Waals surface area contributed by atoms with E-state index in [9.17, 15) is 0 Å². The maximum Gasteiger partial charge on any atom is 0.0789 e. The molecule has 0 aliphatic carbocycles. The van der Waals surface area contributed by atoms with Crippen LogP contribution in [0.4, 0.5) is 0 Å². The average molecular weight is 149 g/mol. The molecule has 1 rings (SSSR count). The number of ether oxygens (including phenoxy) is 1. The number of alkyl halides is 1. The van der Waals surface area contributed by atoms with Crippen LogP contribution in [0.5, 0.6) is 0 Å². The molecule has 1 aliphatic rings. The molecule has 1 saturated heterocycles. The molecule has 0 amide bonds. The van der Waals surface area contributed by atoms with Crippen molar-refractivity contribution in [2.24, 2.45) is 0 Å². The van der Waals surface area contributed by atoms with Crippen LogP contribution in [0.2, 0.25) is 0 Å². The summed E-state index contributed by atoms with van der Waals surface area (Å²) in [4.78, 5) is 0. The van der Waals surface area contributed by atoms with Gasteiger partial charge in [-0.1, -0.05) is 0 Å². The molecule has 54 valence electrons. The monoisotopic (exact) mass is 148 g/mol. The second-order valence-corrected chi connectivity index (χ2v) is 3.16. The lowest BCUT2D eigenvalue weighted by Gasteiger charge is -2.31. The number of rotatable bonds is 1. The van der Waals surface area contributed by atoms with Crippen LogP contribution < -0.4 is 0 Å². The lowest BCUT2D eigenvalue weighted by Crippen LogP contribution is -2.34. The molecule has 9 heavy (non-hydrogen) atoms. The van der Waals surface area contributed by atoms with E-state index in [0.29, 0.717) is 5.88 Å². The normalized spacial score (nSPS) is 36.7. The molecule has 0 spiro atoms. The lowest BCUT2D eigenvalue weighted by atomic mass is 9.98. The summed E-state index contributed by atoms with van der Waals surface area (Å²) < 4.78 is 5.48. The molecular formula is C7H13ClO. The van der Waals surface area contributed by atoms with E-state index in [1.807, 2.05) is 0 Å². The Morgan fingerprint density at radius 2 is 2.33 bits per heavy atom. The van der Waals surface area contributed by atoms with E-state index in [1.54, 1.807) is 0 Å². The maximum absolute atomic E-state index is 5.70. The third-order valence-corrected chi connectivity index (χ3v) is 2.40. The molecular weight excluding hydrogens is 136 g/mol. The summed E-state index contributed by atoms with van der Waals surface area (Å²) in [5, 5.41) is 0. The average Bonchev–Trinajstić information content (AvgIpc) is 1.90. The van der Waals surface area contributed by atoms with Crippen LogP contribution in [0.3, 0.4) is 0 Å². The molecule has 0 aromatic rings. The summed E-state index contributed by atoms with van der Waals surface area (Å²) in [6.45, 7) is 2.97. The first-order chi connectivity index (χ1) is 4.27. The van der Waals surface area contributed by atoms with Crippen molar-refractivity contribution in [2.75, 3.05) is 12.5 Å². The highest BCUT2D eigenvalue weighted by Gasteiger charge is 2.25. The molecule has 2 heteroatoms. The molecule has 0 radical (unpaired) electrons. The van der Waals surface area contributed by atoms with Crippen molar-refractivity contribution in [2.45, 2.75) is 31.8 Å². The van der Waals surface area contributed by atoms with E-state index >= 15 is 0 Å². The van der Waals surface area contributed by atoms with Crippen LogP contribution >= 0.6 is 11.6 Å². The third-order valence-electron chi connectivity index (χ3n) is 1.83. The zero-order valence-electron chi connectivity index (χ0n) is 5.82. The first kappa shape index (κ1) is 7.36. The fourth-order valence-electron chi connectivity index (χ4n) is 1.10. The van der Waals surface area contributed by atoms with Crippen LogP contribution in [0.25, 0.3) is 0 Å². The van der Waals surface area contributed by atoms with Crippen molar-refractivity contribution in [1.82, 2.24) is 0 Å². The van der Waals surface area contributed by atoms with E-state index in [-0.39, 0.29) is 5.60 Å². The second kappa shape index (κ2) is 2.89. The highest BCUT2D eigenvalue weighted by Crippen LogP contribution is 2.24. The first-order valence-electron chi connectivity index (χ1n) is 3.47. The Morgan fingerprint density at radius 3 is 2.67 bits per heavy atom. The molecule has 1 nitrogen and oxygen atoms in total. The fraction of sp³-hybridized carbons (Fsp3) is 1.00. The van der Waals surface area contributed by atoms with Crippen LogP contribution in [0.15, 0.2) is 0 Å². The summed E-state index contributed by atoms with van der Waals surface area (Å²) in [7, 11) is 0. The SMILES string of the molecule is CC1(CCl)CCCCO1. The molecule has 0 aromatic heterocycles. The molecule has 0 saturated carbocycles. The van der Waals surface area contributed by atoms with Gasteiger partial charge in [0.25, 0.3) is 0 Å². The Balaban J connectivity index is 2.37. The Morgan fingerprint density at radius 1 is 1.56 bits per heavy atom. The zero-order valence-corrected chi connectivity index (χ0v) is 6.58. The van der Waals surface area contributed by atoms with Crippen molar-refractivity contribution >= 4 is 11.6 Å². The Kier molecular flexibility index (Phi) is 2.36. The quantitative estimate of drug-likeness (QED) is 0.518. The Labute approximate surface area is 61.3 Å². The minimum absolute atomic E-state index is 0.0141. The van der Waals surface area contributed by atoms with Gasteiger partial charge in [-0.2, -0.15) is 0 Å². The van der Waals surface area contributed by atoms with E-state index < -0.39 is 0 Å². The standard InChI is InChI=1S/C7H13ClO/c1-7(6-8)4-2-3-5-9-7/h2-6H2,1H3. The molecule has 0 N–H and O–H groups in total. The van der Waals surface area contributed by atoms with Crippen molar-refractivity contribution in [3.8, 4) is 0 Å². The minimum Gasteiger partial charge on any atom is -0.374 e. The van der Waals surface area contributed by atoms with Gasteiger partial charge in [0.15, 0.2) is 0 Å². The van der Waals surface area contributed by atoms with Gasteiger partial charge in [-0.25, -0.2) is 0 Å². The predicted octanol–water partition coefficient (Wildman–Crippen LogP) is 2.18. The maximum atomic E-state index is 5.70. The number of hydrogen-bond donors (Lipinski definition) is 0. The minimum atomic E-state index is -0.0141. The third kappa shape index (κ3) is 1.84. The van der Waals surface area contributed by atoms with Crippen molar-refractivity contribution in [3.63, 3.8) is 0 Å². The van der Waals surface area contributed by atoms with E-state index in [2.05, 4.69) is 6.92 Å². The zero-order chi connectivity index (χ0) is 6.74. The molecule has 1 aliphatic heterocycles.